The van der Waals surface area contributed by atoms with E-state index in [1.807, 2.05) is 18.2 Å². The van der Waals surface area contributed by atoms with Gasteiger partial charge in [0.2, 0.25) is 0 Å². The molecule has 2 nitrogen and oxygen atoms in total. The molecule has 0 bridgehead atoms. The predicted octanol–water partition coefficient (Wildman–Crippen LogP) is 3.06. The van der Waals surface area contributed by atoms with Gasteiger partial charge < -0.3 is 5.32 Å². The number of rotatable bonds is 6. The maximum absolute atomic E-state index is 5.69. The number of halogens is 1. The molecule has 0 aliphatic heterocycles. The van der Waals surface area contributed by atoms with Crippen LogP contribution in [0.15, 0.2) is 42.6 Å². The van der Waals surface area contributed by atoms with E-state index in [9.17, 15) is 0 Å². The van der Waals surface area contributed by atoms with Crippen molar-refractivity contribution in [2.75, 3.05) is 0 Å². The van der Waals surface area contributed by atoms with Crippen LogP contribution in [0.1, 0.15) is 19.4 Å². The number of nitrogens with one attached hydrogen (secondary N) is 2. The van der Waals surface area contributed by atoms with Crippen molar-refractivity contribution in [3.63, 3.8) is 0 Å². The Morgan fingerprint density at radius 3 is 2.44 bits per heavy atom. The van der Waals surface area contributed by atoms with Gasteiger partial charge in [0.1, 0.15) is 0 Å². The highest BCUT2D eigenvalue weighted by Gasteiger charge is 2.14. The highest BCUT2D eigenvalue weighted by atomic mass is 35.5. The zero-order valence-electron chi connectivity index (χ0n) is 9.83. The fourth-order valence-corrected chi connectivity index (χ4v) is 1.90. The topological polar surface area (TPSA) is 24.1 Å². The summed E-state index contributed by atoms with van der Waals surface area (Å²) >= 11 is 5.69. The maximum atomic E-state index is 5.69. The molecule has 0 heterocycles. The van der Waals surface area contributed by atoms with Crippen LogP contribution < -0.4 is 10.2 Å². The second-order valence-electron chi connectivity index (χ2n) is 4.20. The van der Waals surface area contributed by atoms with Gasteiger partial charge in [-0.2, -0.15) is 0 Å². The van der Waals surface area contributed by atoms with Gasteiger partial charge in [0.15, 0.2) is 0 Å². The predicted molar refractivity (Wildman–Crippen MR) is 70.0 cm³/mol. The van der Waals surface area contributed by atoms with E-state index >= 15 is 0 Å². The third-order valence-corrected chi connectivity index (χ3v) is 2.76. The molecule has 2 N–H and O–H groups in total. The first-order valence-electron chi connectivity index (χ1n) is 5.48. The van der Waals surface area contributed by atoms with Crippen LogP contribution in [-0.4, -0.2) is 6.04 Å². The Morgan fingerprint density at radius 2 is 1.94 bits per heavy atom. The molecule has 1 rings (SSSR count). The van der Waals surface area contributed by atoms with E-state index in [1.54, 1.807) is 0 Å². The van der Waals surface area contributed by atoms with Crippen molar-refractivity contribution in [1.82, 2.24) is 10.2 Å². The molecule has 0 aromatic heterocycles. The summed E-state index contributed by atoms with van der Waals surface area (Å²) in [6, 6.07) is 10.3. The van der Waals surface area contributed by atoms with Crippen LogP contribution in [0.3, 0.4) is 0 Å². The van der Waals surface area contributed by atoms with Gasteiger partial charge >= 0.3 is 0 Å². The molecule has 0 saturated carbocycles. The second kappa shape index (κ2) is 6.56. The molecule has 1 aromatic carbocycles. The summed E-state index contributed by atoms with van der Waals surface area (Å²) in [7, 11) is 0. The number of hydrogen-bond acceptors (Lipinski definition) is 2. The fraction of sp³-hybridized carbons (Fsp3) is 0.385. The molecule has 0 amide bonds. The van der Waals surface area contributed by atoms with Crippen LogP contribution in [0.2, 0.25) is 0 Å². The Hall–Kier alpha value is -0.990. The average molecular weight is 239 g/mol. The molecule has 88 valence electrons. The van der Waals surface area contributed by atoms with Crippen LogP contribution >= 0.6 is 11.8 Å². The SMILES string of the molecule is C=C(NCc1ccccc1)[C@H](NCl)C(C)C. The molecule has 0 saturated heterocycles. The standard InChI is InChI=1S/C13H19ClN2/c1-10(2)13(16-14)11(3)15-9-12-7-5-4-6-8-12/h4-8,10,13,15-16H,3,9H2,1-2H3/t13-/m1/s1. The summed E-state index contributed by atoms with van der Waals surface area (Å²) in [6.07, 6.45) is 0. The van der Waals surface area contributed by atoms with E-state index in [2.05, 4.69) is 42.7 Å². The summed E-state index contributed by atoms with van der Waals surface area (Å²) in [6.45, 7) is 9.00. The molecular weight excluding hydrogens is 220 g/mol. The highest BCUT2D eigenvalue weighted by Crippen LogP contribution is 2.10. The molecule has 1 atom stereocenters. The van der Waals surface area contributed by atoms with E-state index in [0.717, 1.165) is 12.2 Å². The maximum Gasteiger partial charge on any atom is 0.0634 e. The lowest BCUT2D eigenvalue weighted by Crippen LogP contribution is -2.35. The van der Waals surface area contributed by atoms with E-state index in [-0.39, 0.29) is 6.04 Å². The van der Waals surface area contributed by atoms with Crippen LogP contribution in [0.25, 0.3) is 0 Å². The van der Waals surface area contributed by atoms with Crippen molar-refractivity contribution < 1.29 is 0 Å². The molecule has 0 unspecified atom stereocenters. The van der Waals surface area contributed by atoms with E-state index in [0.29, 0.717) is 5.92 Å². The molecule has 3 heteroatoms. The third kappa shape index (κ3) is 3.87. The largest absolute Gasteiger partial charge is 0.383 e. The minimum Gasteiger partial charge on any atom is -0.383 e. The minimum absolute atomic E-state index is 0.0883. The van der Waals surface area contributed by atoms with Gasteiger partial charge in [0, 0.05) is 12.2 Å². The number of hydrogen-bond donors (Lipinski definition) is 2. The smallest absolute Gasteiger partial charge is 0.0634 e. The molecular formula is C13H19ClN2. The Morgan fingerprint density at radius 1 is 1.31 bits per heavy atom. The summed E-state index contributed by atoms with van der Waals surface area (Å²) < 4.78 is 0. The average Bonchev–Trinajstić information content (AvgIpc) is 2.28. The molecule has 0 aliphatic carbocycles. The Bertz CT molecular complexity index is 322. The van der Waals surface area contributed by atoms with Crippen molar-refractivity contribution >= 4 is 11.8 Å². The Labute approximate surface area is 103 Å². The molecule has 16 heavy (non-hydrogen) atoms. The van der Waals surface area contributed by atoms with Gasteiger partial charge in [-0.05, 0) is 23.3 Å². The Kier molecular flexibility index (Phi) is 5.36. The minimum atomic E-state index is 0.0883. The van der Waals surface area contributed by atoms with Gasteiger partial charge in [0.25, 0.3) is 0 Å². The first-order valence-corrected chi connectivity index (χ1v) is 5.85. The lowest BCUT2D eigenvalue weighted by Gasteiger charge is -2.22. The number of benzene rings is 1. The lowest BCUT2D eigenvalue weighted by molar-refractivity contribution is 0.490. The first kappa shape index (κ1) is 13.1. The van der Waals surface area contributed by atoms with E-state index in [4.69, 9.17) is 11.8 Å². The van der Waals surface area contributed by atoms with Gasteiger partial charge in [-0.25, -0.2) is 4.84 Å². The monoisotopic (exact) mass is 238 g/mol. The summed E-state index contributed by atoms with van der Waals surface area (Å²) in [4.78, 5) is 2.75. The van der Waals surface area contributed by atoms with E-state index in [1.165, 1.54) is 5.56 Å². The van der Waals surface area contributed by atoms with Crippen molar-refractivity contribution in [3.8, 4) is 0 Å². The van der Waals surface area contributed by atoms with Gasteiger partial charge in [0.05, 0.1) is 6.04 Å². The normalized spacial score (nSPS) is 12.5. The molecule has 0 aliphatic rings. The summed E-state index contributed by atoms with van der Waals surface area (Å²) in [5, 5.41) is 3.29. The Balaban J connectivity index is 2.46. The van der Waals surface area contributed by atoms with Gasteiger partial charge in [-0.15, -0.1) is 0 Å². The van der Waals surface area contributed by atoms with Crippen molar-refractivity contribution in [2.45, 2.75) is 26.4 Å². The zero-order valence-corrected chi connectivity index (χ0v) is 10.6. The highest BCUT2D eigenvalue weighted by molar-refractivity contribution is 6.13. The fourth-order valence-electron chi connectivity index (χ4n) is 1.52. The third-order valence-electron chi connectivity index (χ3n) is 2.52. The summed E-state index contributed by atoms with van der Waals surface area (Å²) in [5.74, 6) is 0.410. The summed E-state index contributed by atoms with van der Waals surface area (Å²) in [5.41, 5.74) is 2.16. The zero-order chi connectivity index (χ0) is 12.0. The second-order valence-corrected chi connectivity index (χ2v) is 4.41. The van der Waals surface area contributed by atoms with Crippen LogP contribution in [0.4, 0.5) is 0 Å². The molecule has 0 radical (unpaired) electrons. The van der Waals surface area contributed by atoms with Crippen LogP contribution in [0.5, 0.6) is 0 Å². The molecule has 0 fully saturated rings. The van der Waals surface area contributed by atoms with Crippen LogP contribution in [-0.2, 0) is 6.54 Å². The lowest BCUT2D eigenvalue weighted by atomic mass is 10.0. The molecule has 1 aromatic rings. The quantitative estimate of drug-likeness (QED) is 0.745. The molecule has 0 spiro atoms. The first-order chi connectivity index (χ1) is 7.65. The van der Waals surface area contributed by atoms with Crippen molar-refractivity contribution in [3.05, 3.63) is 48.2 Å². The van der Waals surface area contributed by atoms with Crippen molar-refractivity contribution in [2.24, 2.45) is 5.92 Å². The van der Waals surface area contributed by atoms with Gasteiger partial charge in [-0.3, -0.25) is 0 Å². The van der Waals surface area contributed by atoms with Gasteiger partial charge in [-0.1, -0.05) is 50.8 Å². The van der Waals surface area contributed by atoms with Crippen LogP contribution in [0, 0.1) is 5.92 Å². The van der Waals surface area contributed by atoms with E-state index < -0.39 is 0 Å². The van der Waals surface area contributed by atoms with Crippen molar-refractivity contribution in [1.29, 1.82) is 0 Å².